The van der Waals surface area contributed by atoms with E-state index in [4.69, 9.17) is 17.3 Å². The van der Waals surface area contributed by atoms with Gasteiger partial charge in [0.25, 0.3) is 0 Å². The van der Waals surface area contributed by atoms with E-state index in [1.807, 2.05) is 24.4 Å². The Bertz CT molecular complexity index is 599. The first-order valence-corrected chi connectivity index (χ1v) is 6.87. The molecule has 0 saturated heterocycles. The van der Waals surface area contributed by atoms with Crippen LogP contribution in [0.1, 0.15) is 28.2 Å². The molecule has 0 fully saturated rings. The van der Waals surface area contributed by atoms with E-state index in [-0.39, 0.29) is 11.6 Å². The predicted molar refractivity (Wildman–Crippen MR) is 79.2 cm³/mol. The molecule has 1 aromatic heterocycles. The lowest BCUT2D eigenvalue weighted by Gasteiger charge is -2.17. The fourth-order valence-electron chi connectivity index (χ4n) is 1.77. The minimum absolute atomic E-state index is 0.0285. The van der Waals surface area contributed by atoms with Crippen molar-refractivity contribution in [3.8, 4) is 0 Å². The number of aromatic carboxylic acids is 1. The molecule has 1 unspecified atom stereocenters. The number of hydrogen-bond donors (Lipinski definition) is 3. The van der Waals surface area contributed by atoms with Gasteiger partial charge in [0.2, 0.25) is 0 Å². The molecule has 0 amide bonds. The first kappa shape index (κ1) is 13.7. The van der Waals surface area contributed by atoms with Crippen LogP contribution in [0.25, 0.3) is 0 Å². The summed E-state index contributed by atoms with van der Waals surface area (Å²) >= 11 is 7.68. The van der Waals surface area contributed by atoms with Crippen molar-refractivity contribution < 1.29 is 9.90 Å². The van der Waals surface area contributed by atoms with Crippen LogP contribution in [0, 0.1) is 0 Å². The summed E-state index contributed by atoms with van der Waals surface area (Å²) in [6, 6.07) is 6.84. The largest absolute Gasteiger partial charge is 0.478 e. The van der Waals surface area contributed by atoms with E-state index in [1.54, 1.807) is 11.3 Å². The van der Waals surface area contributed by atoms with Crippen LogP contribution in [-0.2, 0) is 0 Å². The van der Waals surface area contributed by atoms with E-state index >= 15 is 0 Å². The standard InChI is InChI=1S/C13H13ClN2O2S/c1-7(11-3-2-4-19-11)16-12-9(13(17)18)5-8(15)6-10(12)14/h2-7,16H,15H2,1H3,(H,17,18). The molecule has 19 heavy (non-hydrogen) atoms. The van der Waals surface area contributed by atoms with Gasteiger partial charge in [0.1, 0.15) is 0 Å². The summed E-state index contributed by atoms with van der Waals surface area (Å²) in [6.45, 7) is 1.95. The van der Waals surface area contributed by atoms with Crippen molar-refractivity contribution >= 4 is 40.3 Å². The van der Waals surface area contributed by atoms with E-state index in [1.165, 1.54) is 12.1 Å². The molecule has 6 heteroatoms. The highest BCUT2D eigenvalue weighted by atomic mass is 35.5. The number of nitrogen functional groups attached to an aromatic ring is 1. The Morgan fingerprint density at radius 3 is 2.84 bits per heavy atom. The highest BCUT2D eigenvalue weighted by molar-refractivity contribution is 7.10. The molecule has 0 saturated carbocycles. The summed E-state index contributed by atoms with van der Waals surface area (Å²) in [7, 11) is 0. The van der Waals surface area contributed by atoms with Crippen LogP contribution < -0.4 is 11.1 Å². The summed E-state index contributed by atoms with van der Waals surface area (Å²) < 4.78 is 0. The average Bonchev–Trinajstić information content (AvgIpc) is 2.85. The van der Waals surface area contributed by atoms with Gasteiger partial charge in [-0.3, -0.25) is 0 Å². The Morgan fingerprint density at radius 2 is 2.26 bits per heavy atom. The summed E-state index contributed by atoms with van der Waals surface area (Å²) in [5.41, 5.74) is 6.42. The minimum Gasteiger partial charge on any atom is -0.478 e. The number of rotatable bonds is 4. The molecule has 2 rings (SSSR count). The monoisotopic (exact) mass is 296 g/mol. The number of nitrogens with one attached hydrogen (secondary N) is 1. The van der Waals surface area contributed by atoms with E-state index in [2.05, 4.69) is 5.32 Å². The summed E-state index contributed by atoms with van der Waals surface area (Å²) in [4.78, 5) is 12.3. The van der Waals surface area contributed by atoms with Gasteiger partial charge in [0.05, 0.1) is 22.3 Å². The van der Waals surface area contributed by atoms with Crippen molar-refractivity contribution in [3.63, 3.8) is 0 Å². The second-order valence-electron chi connectivity index (χ2n) is 4.11. The van der Waals surface area contributed by atoms with Crippen molar-refractivity contribution in [2.75, 3.05) is 11.1 Å². The van der Waals surface area contributed by atoms with Gasteiger partial charge in [-0.2, -0.15) is 0 Å². The number of benzene rings is 1. The Kier molecular flexibility index (Phi) is 3.97. The number of hydrogen-bond acceptors (Lipinski definition) is 4. The molecule has 4 N–H and O–H groups in total. The molecule has 0 aliphatic rings. The van der Waals surface area contributed by atoms with Gasteiger partial charge in [0.15, 0.2) is 0 Å². The molecule has 4 nitrogen and oxygen atoms in total. The smallest absolute Gasteiger partial charge is 0.337 e. The first-order valence-electron chi connectivity index (χ1n) is 5.61. The molecular weight excluding hydrogens is 284 g/mol. The third kappa shape index (κ3) is 3.00. The molecule has 0 radical (unpaired) electrons. The molecule has 1 heterocycles. The zero-order chi connectivity index (χ0) is 14.0. The quantitative estimate of drug-likeness (QED) is 0.749. The second-order valence-corrected chi connectivity index (χ2v) is 5.50. The Balaban J connectivity index is 2.36. The van der Waals surface area contributed by atoms with Gasteiger partial charge in [-0.25, -0.2) is 4.79 Å². The third-order valence-electron chi connectivity index (χ3n) is 2.67. The normalized spacial score (nSPS) is 12.1. The van der Waals surface area contributed by atoms with Gasteiger partial charge in [-0.05, 0) is 30.5 Å². The summed E-state index contributed by atoms with van der Waals surface area (Å²) in [5, 5.41) is 14.6. The van der Waals surface area contributed by atoms with Crippen LogP contribution in [0.15, 0.2) is 29.6 Å². The Labute approximate surface area is 119 Å². The summed E-state index contributed by atoms with van der Waals surface area (Å²) in [5.74, 6) is -1.06. The Hall–Kier alpha value is -1.72. The van der Waals surface area contributed by atoms with Crippen molar-refractivity contribution in [1.29, 1.82) is 0 Å². The summed E-state index contributed by atoms with van der Waals surface area (Å²) in [6.07, 6.45) is 0. The molecule has 100 valence electrons. The molecule has 0 bridgehead atoms. The second kappa shape index (κ2) is 5.50. The first-order chi connectivity index (χ1) is 8.99. The number of nitrogens with two attached hydrogens (primary N) is 1. The lowest BCUT2D eigenvalue weighted by Crippen LogP contribution is -2.11. The molecule has 1 aromatic carbocycles. The number of carbonyl (C=O) groups is 1. The van der Waals surface area contributed by atoms with Crippen LogP contribution in [0.5, 0.6) is 0 Å². The zero-order valence-corrected chi connectivity index (χ0v) is 11.8. The van der Waals surface area contributed by atoms with Gasteiger partial charge in [-0.15, -0.1) is 11.3 Å². The highest BCUT2D eigenvalue weighted by Crippen LogP contribution is 2.33. The van der Waals surface area contributed by atoms with Crippen molar-refractivity contribution in [1.82, 2.24) is 0 Å². The maximum Gasteiger partial charge on any atom is 0.337 e. The van der Waals surface area contributed by atoms with Crippen molar-refractivity contribution in [2.24, 2.45) is 0 Å². The van der Waals surface area contributed by atoms with Crippen LogP contribution in [0.2, 0.25) is 5.02 Å². The fourth-order valence-corrected chi connectivity index (χ4v) is 2.79. The van der Waals surface area contributed by atoms with Crippen molar-refractivity contribution in [3.05, 3.63) is 45.1 Å². The maximum absolute atomic E-state index is 11.2. The van der Waals surface area contributed by atoms with Crippen LogP contribution >= 0.6 is 22.9 Å². The number of halogens is 1. The zero-order valence-electron chi connectivity index (χ0n) is 10.2. The Morgan fingerprint density at radius 1 is 1.53 bits per heavy atom. The number of carboxylic acid groups (broad SMARTS) is 1. The van der Waals surface area contributed by atoms with E-state index in [0.29, 0.717) is 16.4 Å². The fraction of sp³-hybridized carbons (Fsp3) is 0.154. The maximum atomic E-state index is 11.2. The van der Waals surface area contributed by atoms with Crippen LogP contribution in [-0.4, -0.2) is 11.1 Å². The number of thiophene rings is 1. The third-order valence-corrected chi connectivity index (χ3v) is 4.03. The lowest BCUT2D eigenvalue weighted by atomic mass is 10.1. The predicted octanol–water partition coefficient (Wildman–Crippen LogP) is 3.86. The molecular formula is C13H13ClN2O2S. The van der Waals surface area contributed by atoms with Gasteiger partial charge < -0.3 is 16.2 Å². The van der Waals surface area contributed by atoms with Gasteiger partial charge in [0, 0.05) is 10.6 Å². The van der Waals surface area contributed by atoms with E-state index in [0.717, 1.165) is 4.88 Å². The number of carboxylic acids is 1. The van der Waals surface area contributed by atoms with Crippen molar-refractivity contribution in [2.45, 2.75) is 13.0 Å². The SMILES string of the molecule is CC(Nc1c(Cl)cc(N)cc1C(=O)O)c1cccs1. The molecule has 0 aliphatic heterocycles. The van der Waals surface area contributed by atoms with Crippen LogP contribution in [0.4, 0.5) is 11.4 Å². The van der Waals surface area contributed by atoms with E-state index < -0.39 is 5.97 Å². The topological polar surface area (TPSA) is 75.3 Å². The van der Waals surface area contributed by atoms with Gasteiger partial charge >= 0.3 is 5.97 Å². The molecule has 0 spiro atoms. The molecule has 1 atom stereocenters. The highest BCUT2D eigenvalue weighted by Gasteiger charge is 2.17. The minimum atomic E-state index is -1.06. The molecule has 0 aliphatic carbocycles. The molecule has 2 aromatic rings. The van der Waals surface area contributed by atoms with Crippen LogP contribution in [0.3, 0.4) is 0 Å². The lowest BCUT2D eigenvalue weighted by molar-refractivity contribution is 0.0698. The van der Waals surface area contributed by atoms with Gasteiger partial charge in [-0.1, -0.05) is 17.7 Å². The van der Waals surface area contributed by atoms with E-state index in [9.17, 15) is 9.90 Å². The number of anilines is 2. The average molecular weight is 297 g/mol.